The Morgan fingerprint density at radius 3 is 3.00 bits per heavy atom. The molecule has 1 heterocycles. The van der Waals surface area contributed by atoms with E-state index in [9.17, 15) is 0 Å². The summed E-state index contributed by atoms with van der Waals surface area (Å²) < 4.78 is 0. The monoisotopic (exact) mass is 134 g/mol. The molecule has 50 valence electrons. The van der Waals surface area contributed by atoms with Crippen LogP contribution in [0.15, 0.2) is 6.08 Å². The molecule has 10 heavy (non-hydrogen) atoms. The van der Waals surface area contributed by atoms with Gasteiger partial charge in [-0.15, -0.1) is 0 Å². The number of nitrogen functional groups attached to an aromatic ring is 1. The van der Waals surface area contributed by atoms with Crippen LogP contribution in [0.25, 0.3) is 6.08 Å². The van der Waals surface area contributed by atoms with Crippen molar-refractivity contribution >= 4 is 17.6 Å². The highest BCUT2D eigenvalue weighted by Gasteiger charge is 2.16. The van der Waals surface area contributed by atoms with Crippen LogP contribution in [0.5, 0.6) is 0 Å². The zero-order chi connectivity index (χ0) is 7.14. The first-order valence-electron chi connectivity index (χ1n) is 2.90. The Morgan fingerprint density at radius 2 is 2.30 bits per heavy atom. The Morgan fingerprint density at radius 1 is 1.50 bits per heavy atom. The molecule has 1 aliphatic carbocycles. The molecule has 4 heteroatoms. The molecular weight excluding hydrogens is 128 g/mol. The van der Waals surface area contributed by atoms with E-state index in [-0.39, 0.29) is 0 Å². The molecule has 0 aliphatic heterocycles. The molecule has 0 saturated heterocycles. The summed E-state index contributed by atoms with van der Waals surface area (Å²) in [6.45, 7) is 0. The number of H-pyrrole nitrogens is 1. The zero-order valence-corrected chi connectivity index (χ0v) is 5.18. The SMILES string of the molecule is N=C1C=Cc2[nH]nc(N)c21. The van der Waals surface area contributed by atoms with Gasteiger partial charge < -0.3 is 11.1 Å². The average molecular weight is 134 g/mol. The maximum absolute atomic E-state index is 7.36. The van der Waals surface area contributed by atoms with Crippen LogP contribution in [0, 0.1) is 5.41 Å². The molecule has 1 aromatic heterocycles. The molecule has 0 aromatic carbocycles. The molecule has 0 atom stereocenters. The van der Waals surface area contributed by atoms with Gasteiger partial charge in [0.2, 0.25) is 0 Å². The molecule has 0 saturated carbocycles. The van der Waals surface area contributed by atoms with Crippen LogP contribution in [-0.4, -0.2) is 15.9 Å². The van der Waals surface area contributed by atoms with Crippen molar-refractivity contribution in [2.75, 3.05) is 5.73 Å². The number of anilines is 1. The first-order chi connectivity index (χ1) is 4.79. The van der Waals surface area contributed by atoms with Crippen molar-refractivity contribution in [1.82, 2.24) is 10.2 Å². The second-order valence-electron chi connectivity index (χ2n) is 2.14. The minimum atomic E-state index is 0.407. The summed E-state index contributed by atoms with van der Waals surface area (Å²) in [7, 11) is 0. The number of nitrogens with one attached hydrogen (secondary N) is 2. The molecule has 1 aliphatic rings. The van der Waals surface area contributed by atoms with E-state index in [4.69, 9.17) is 11.1 Å². The average Bonchev–Trinajstić information content (AvgIpc) is 2.40. The molecule has 4 N–H and O–H groups in total. The van der Waals surface area contributed by atoms with Crippen LogP contribution in [-0.2, 0) is 0 Å². The van der Waals surface area contributed by atoms with Gasteiger partial charge in [-0.25, -0.2) is 0 Å². The van der Waals surface area contributed by atoms with Gasteiger partial charge in [-0.1, -0.05) is 0 Å². The van der Waals surface area contributed by atoms with Crippen molar-refractivity contribution in [1.29, 1.82) is 5.41 Å². The van der Waals surface area contributed by atoms with Crippen molar-refractivity contribution in [3.05, 3.63) is 17.3 Å². The summed E-state index contributed by atoms with van der Waals surface area (Å²) in [6.07, 6.45) is 3.49. The van der Waals surface area contributed by atoms with Crippen molar-refractivity contribution in [3.63, 3.8) is 0 Å². The van der Waals surface area contributed by atoms with E-state index in [1.165, 1.54) is 0 Å². The molecular formula is C6H6N4. The number of nitrogens with zero attached hydrogens (tertiary/aromatic N) is 1. The lowest BCUT2D eigenvalue weighted by atomic mass is 10.2. The maximum Gasteiger partial charge on any atom is 0.155 e. The predicted molar refractivity (Wildman–Crippen MR) is 38.9 cm³/mol. The van der Waals surface area contributed by atoms with Crippen LogP contribution >= 0.6 is 0 Å². The van der Waals surface area contributed by atoms with Crippen molar-refractivity contribution < 1.29 is 0 Å². The van der Waals surface area contributed by atoms with E-state index >= 15 is 0 Å². The third-order valence-electron chi connectivity index (χ3n) is 1.51. The summed E-state index contributed by atoms with van der Waals surface area (Å²) in [6, 6.07) is 0. The predicted octanol–water partition coefficient (Wildman–Crippen LogP) is 0.387. The Labute approximate surface area is 57.3 Å². The van der Waals surface area contributed by atoms with Crippen LogP contribution < -0.4 is 5.73 Å². The minimum absolute atomic E-state index is 0.407. The number of aromatic nitrogens is 2. The van der Waals surface area contributed by atoms with Crippen molar-refractivity contribution in [2.24, 2.45) is 0 Å². The summed E-state index contributed by atoms with van der Waals surface area (Å²) in [5, 5.41) is 13.8. The Bertz CT molecular complexity index is 320. The van der Waals surface area contributed by atoms with E-state index in [0.717, 1.165) is 11.3 Å². The Kier molecular flexibility index (Phi) is 0.768. The smallest absolute Gasteiger partial charge is 0.155 e. The molecule has 4 nitrogen and oxygen atoms in total. The second kappa shape index (κ2) is 1.47. The van der Waals surface area contributed by atoms with Crippen LogP contribution in [0.2, 0.25) is 0 Å². The quantitative estimate of drug-likeness (QED) is 0.479. The first-order valence-corrected chi connectivity index (χ1v) is 2.90. The lowest BCUT2D eigenvalue weighted by molar-refractivity contribution is 1.09. The number of fused-ring (bicyclic) bond motifs is 1. The molecule has 0 unspecified atom stereocenters. The molecule has 0 bridgehead atoms. The Hall–Kier alpha value is -1.58. The number of aromatic amines is 1. The lowest BCUT2D eigenvalue weighted by Crippen LogP contribution is -1.95. The number of rotatable bonds is 0. The number of hydrogen-bond donors (Lipinski definition) is 3. The molecule has 0 fully saturated rings. The highest BCUT2D eigenvalue weighted by molar-refractivity contribution is 6.17. The highest BCUT2D eigenvalue weighted by Crippen LogP contribution is 2.21. The molecule has 0 amide bonds. The van der Waals surface area contributed by atoms with E-state index < -0.39 is 0 Å². The van der Waals surface area contributed by atoms with Crippen molar-refractivity contribution in [3.8, 4) is 0 Å². The largest absolute Gasteiger partial charge is 0.382 e. The van der Waals surface area contributed by atoms with Gasteiger partial charge in [-0.05, 0) is 12.2 Å². The highest BCUT2D eigenvalue weighted by atomic mass is 15.2. The van der Waals surface area contributed by atoms with Crippen LogP contribution in [0.3, 0.4) is 0 Å². The summed E-state index contributed by atoms with van der Waals surface area (Å²) in [5.41, 5.74) is 7.45. The topological polar surface area (TPSA) is 78.5 Å². The van der Waals surface area contributed by atoms with E-state index in [1.54, 1.807) is 12.2 Å². The molecule has 2 rings (SSSR count). The van der Waals surface area contributed by atoms with E-state index in [2.05, 4.69) is 10.2 Å². The number of hydrogen-bond acceptors (Lipinski definition) is 3. The van der Waals surface area contributed by atoms with Gasteiger partial charge in [0.15, 0.2) is 5.82 Å². The number of nitrogens with two attached hydrogens (primary N) is 1. The fraction of sp³-hybridized carbons (Fsp3) is 0. The van der Waals surface area contributed by atoms with Gasteiger partial charge in [-0.3, -0.25) is 5.10 Å². The third-order valence-corrected chi connectivity index (χ3v) is 1.51. The zero-order valence-electron chi connectivity index (χ0n) is 5.18. The summed E-state index contributed by atoms with van der Waals surface area (Å²) in [5.74, 6) is 0.407. The second-order valence-corrected chi connectivity index (χ2v) is 2.14. The normalized spacial score (nSPS) is 14.2. The fourth-order valence-corrected chi connectivity index (χ4v) is 1.02. The molecule has 0 spiro atoms. The Balaban J connectivity index is 2.74. The third kappa shape index (κ3) is 0.452. The van der Waals surface area contributed by atoms with Crippen molar-refractivity contribution in [2.45, 2.75) is 0 Å². The molecule has 1 aromatic rings. The fourth-order valence-electron chi connectivity index (χ4n) is 1.02. The van der Waals surface area contributed by atoms with Gasteiger partial charge in [0, 0.05) is 0 Å². The van der Waals surface area contributed by atoms with Gasteiger partial charge in [0.1, 0.15) is 0 Å². The molecule has 0 radical (unpaired) electrons. The van der Waals surface area contributed by atoms with Crippen LogP contribution in [0.4, 0.5) is 5.82 Å². The van der Waals surface area contributed by atoms with Gasteiger partial charge >= 0.3 is 0 Å². The van der Waals surface area contributed by atoms with Gasteiger partial charge in [0.05, 0.1) is 17.0 Å². The number of allylic oxidation sites excluding steroid dienone is 1. The lowest BCUT2D eigenvalue weighted by Gasteiger charge is -1.88. The van der Waals surface area contributed by atoms with Crippen LogP contribution in [0.1, 0.15) is 11.3 Å². The standard InChI is InChI=1S/C6H6N4/c7-3-1-2-4-5(3)6(8)10-9-4/h1-2,7H,(H3,8,9,10). The maximum atomic E-state index is 7.36. The van der Waals surface area contributed by atoms with Gasteiger partial charge in [0.25, 0.3) is 0 Å². The van der Waals surface area contributed by atoms with Gasteiger partial charge in [-0.2, -0.15) is 5.10 Å². The first kappa shape index (κ1) is 5.22. The van der Waals surface area contributed by atoms with E-state index in [0.29, 0.717) is 11.5 Å². The summed E-state index contributed by atoms with van der Waals surface area (Å²) >= 11 is 0. The summed E-state index contributed by atoms with van der Waals surface area (Å²) in [4.78, 5) is 0. The minimum Gasteiger partial charge on any atom is -0.382 e. The van der Waals surface area contributed by atoms with E-state index in [1.807, 2.05) is 0 Å².